The Kier molecular flexibility index (Phi) is 21.4. The molecule has 0 aliphatic heterocycles. The molecular formula is C30H51IO4P2. The van der Waals surface area contributed by atoms with Crippen LogP contribution in [-0.2, 0) is 31.0 Å². The number of halogens is 1. The molecule has 2 aromatic carbocycles. The van der Waals surface area contributed by atoms with E-state index in [0.29, 0.717) is 6.61 Å². The molecule has 0 saturated heterocycles. The summed E-state index contributed by atoms with van der Waals surface area (Å²) in [6, 6.07) is 17.2. The number of hydrogen-bond donors (Lipinski definition) is 0. The summed E-state index contributed by atoms with van der Waals surface area (Å²) in [6.07, 6.45) is 4.20. The van der Waals surface area contributed by atoms with Gasteiger partial charge in [0.1, 0.15) is 0 Å². The zero-order chi connectivity index (χ0) is 28.3. The van der Waals surface area contributed by atoms with Crippen molar-refractivity contribution in [3.63, 3.8) is 0 Å². The van der Waals surface area contributed by atoms with Crippen molar-refractivity contribution in [2.24, 2.45) is 0 Å². The van der Waals surface area contributed by atoms with Crippen LogP contribution < -0.4 is 0 Å². The Morgan fingerprint density at radius 3 is 1.68 bits per heavy atom. The van der Waals surface area contributed by atoms with E-state index in [1.54, 1.807) is 6.66 Å². The molecule has 2 rings (SSSR count). The summed E-state index contributed by atoms with van der Waals surface area (Å²) >= 11 is 2.52. The van der Waals surface area contributed by atoms with Gasteiger partial charge in [-0.1, -0.05) is 96.1 Å². The molecule has 37 heavy (non-hydrogen) atoms. The number of aryl methyl sites for hydroxylation is 2. The number of rotatable bonds is 13. The third kappa shape index (κ3) is 17.8. The van der Waals surface area contributed by atoms with Gasteiger partial charge in [0.2, 0.25) is 7.37 Å². The first-order valence-electron chi connectivity index (χ1n) is 13.5. The largest absolute Gasteiger partial charge is 0.335 e. The van der Waals surface area contributed by atoms with E-state index in [1.165, 1.54) is 35.1 Å². The molecule has 7 heteroatoms. The zero-order valence-electron chi connectivity index (χ0n) is 24.6. The molecular weight excluding hydrogens is 613 g/mol. The van der Waals surface area contributed by atoms with Crippen LogP contribution in [0.4, 0.5) is 0 Å². The summed E-state index contributed by atoms with van der Waals surface area (Å²) < 4.78 is 28.9. The van der Waals surface area contributed by atoms with E-state index in [0.717, 1.165) is 30.0 Å². The van der Waals surface area contributed by atoms with E-state index < -0.39 is 15.7 Å². The summed E-state index contributed by atoms with van der Waals surface area (Å²) in [4.78, 5) is 0. The van der Waals surface area contributed by atoms with Crippen LogP contribution in [0.15, 0.2) is 48.5 Å². The molecule has 0 fully saturated rings. The van der Waals surface area contributed by atoms with Crippen LogP contribution in [0.5, 0.6) is 0 Å². The van der Waals surface area contributed by atoms with Gasteiger partial charge in [-0.2, -0.15) is 0 Å². The Balaban J connectivity index is 0.000000566. The van der Waals surface area contributed by atoms with Crippen molar-refractivity contribution >= 4 is 38.3 Å². The smallest absolute Gasteiger partial charge is 0.203 e. The summed E-state index contributed by atoms with van der Waals surface area (Å²) in [5.41, 5.74) is 5.46. The third-order valence-electron chi connectivity index (χ3n) is 5.68. The summed E-state index contributed by atoms with van der Waals surface area (Å²) in [5.74, 6) is 0. The minimum atomic E-state index is -2.48. The third-order valence-corrected chi connectivity index (χ3v) is 10.9. The lowest BCUT2D eigenvalue weighted by Crippen LogP contribution is -2.12. The van der Waals surface area contributed by atoms with Gasteiger partial charge in [0.05, 0.1) is 19.8 Å². The van der Waals surface area contributed by atoms with Crippen LogP contribution in [-0.4, -0.2) is 42.7 Å². The Bertz CT molecular complexity index is 887. The van der Waals surface area contributed by atoms with Crippen molar-refractivity contribution in [1.29, 1.82) is 0 Å². The average Bonchev–Trinajstić information content (AvgIpc) is 2.83. The lowest BCUT2D eigenvalue weighted by atomic mass is 10.1. The van der Waals surface area contributed by atoms with Crippen molar-refractivity contribution in [2.45, 2.75) is 83.7 Å². The van der Waals surface area contributed by atoms with Gasteiger partial charge in [0.25, 0.3) is 0 Å². The van der Waals surface area contributed by atoms with Crippen LogP contribution >= 0.6 is 38.3 Å². The predicted octanol–water partition coefficient (Wildman–Crippen LogP) is 10.0. The summed E-state index contributed by atoms with van der Waals surface area (Å²) in [5, 5.41) is 0. The fourth-order valence-electron chi connectivity index (χ4n) is 3.75. The fourth-order valence-corrected chi connectivity index (χ4v) is 6.99. The summed E-state index contributed by atoms with van der Waals surface area (Å²) in [7, 11) is -3.06. The van der Waals surface area contributed by atoms with E-state index in [2.05, 4.69) is 98.8 Å². The van der Waals surface area contributed by atoms with Gasteiger partial charge in [0.15, 0.2) is 8.38 Å². The zero-order valence-corrected chi connectivity index (χ0v) is 28.6. The lowest BCUT2D eigenvalue weighted by Gasteiger charge is -2.23. The van der Waals surface area contributed by atoms with E-state index in [1.807, 2.05) is 27.4 Å². The molecule has 0 N–H and O–H groups in total. The number of hydrogen-bond acceptors (Lipinski definition) is 4. The highest BCUT2D eigenvalue weighted by Gasteiger charge is 2.27. The van der Waals surface area contributed by atoms with E-state index in [-0.39, 0.29) is 5.66 Å². The van der Waals surface area contributed by atoms with Crippen molar-refractivity contribution < 1.29 is 18.1 Å². The van der Waals surface area contributed by atoms with Crippen molar-refractivity contribution in [1.82, 2.24) is 0 Å². The molecule has 0 amide bonds. The van der Waals surface area contributed by atoms with Gasteiger partial charge in [-0.3, -0.25) is 4.57 Å². The molecule has 212 valence electrons. The fraction of sp³-hybridized carbons (Fsp3) is 0.600. The molecule has 0 radical (unpaired) electrons. The molecule has 3 atom stereocenters. The average molecular weight is 665 g/mol. The van der Waals surface area contributed by atoms with Crippen LogP contribution in [0.3, 0.4) is 0 Å². The maximum atomic E-state index is 12.4. The second kappa shape index (κ2) is 21.5. The van der Waals surface area contributed by atoms with E-state index >= 15 is 0 Å². The maximum absolute atomic E-state index is 12.4. The molecule has 0 aromatic heterocycles. The van der Waals surface area contributed by atoms with Gasteiger partial charge in [0, 0.05) is 22.9 Å². The SMILES string of the molecule is CCOP(C)(=O)[C@H](CC)Cc1cccc(C)c1.CCOP(C)OCC.CC[C@@H](I)Cc1cccc(C)c1. The minimum absolute atomic E-state index is 0.129. The Labute approximate surface area is 243 Å². The number of alkyl halides is 1. The molecule has 0 aliphatic carbocycles. The molecule has 0 aliphatic rings. The van der Waals surface area contributed by atoms with Crippen LogP contribution in [0.1, 0.15) is 69.7 Å². The number of benzene rings is 2. The second-order valence-corrected chi connectivity index (χ2v) is 15.0. The quantitative estimate of drug-likeness (QED) is 0.122. The molecule has 1 unspecified atom stereocenters. The van der Waals surface area contributed by atoms with Crippen LogP contribution in [0.25, 0.3) is 0 Å². The standard InChI is InChI=1S/C14H23O2P.C11H15I.C5H13O2P/c1-5-14(17(4,15)16-6-2)11-13-9-7-8-12(3)10-13;1-3-11(12)8-10-6-4-5-9(2)7-10;1-4-6-8(3)7-5-2/h7-10,14H,5-6,11H2,1-4H3;4-7,11H,3,8H2,1-2H3;4-5H2,1-3H3/t14-,17?;11-;/m11./s1. The van der Waals surface area contributed by atoms with Crippen molar-refractivity contribution in [3.8, 4) is 0 Å². The van der Waals surface area contributed by atoms with E-state index in [9.17, 15) is 4.57 Å². The van der Waals surface area contributed by atoms with Crippen LogP contribution in [0.2, 0.25) is 0 Å². The van der Waals surface area contributed by atoms with Gasteiger partial charge in [-0.25, -0.2) is 0 Å². The van der Waals surface area contributed by atoms with Gasteiger partial charge < -0.3 is 13.6 Å². The first-order valence-corrected chi connectivity index (χ1v) is 18.5. The molecule has 0 spiro atoms. The van der Waals surface area contributed by atoms with E-state index in [4.69, 9.17) is 13.6 Å². The highest BCUT2D eigenvalue weighted by atomic mass is 127. The monoisotopic (exact) mass is 664 g/mol. The van der Waals surface area contributed by atoms with Crippen molar-refractivity contribution in [2.75, 3.05) is 33.2 Å². The van der Waals surface area contributed by atoms with Crippen molar-refractivity contribution in [3.05, 3.63) is 70.8 Å². The Morgan fingerprint density at radius 2 is 1.30 bits per heavy atom. The highest BCUT2D eigenvalue weighted by Crippen LogP contribution is 2.50. The normalized spacial score (nSPS) is 14.0. The molecule has 4 nitrogen and oxygen atoms in total. The first-order chi connectivity index (χ1) is 17.5. The maximum Gasteiger partial charge on any atom is 0.203 e. The first kappa shape index (κ1) is 36.7. The summed E-state index contributed by atoms with van der Waals surface area (Å²) in [6.45, 7) is 20.1. The molecule has 0 saturated carbocycles. The second-order valence-electron chi connectivity index (χ2n) is 9.06. The lowest BCUT2D eigenvalue weighted by molar-refractivity contribution is 0.274. The van der Waals surface area contributed by atoms with Gasteiger partial charge in [-0.15, -0.1) is 0 Å². The molecule has 0 heterocycles. The predicted molar refractivity (Wildman–Crippen MR) is 173 cm³/mol. The molecule has 2 aromatic rings. The Hall–Kier alpha value is -0.290. The molecule has 0 bridgehead atoms. The topological polar surface area (TPSA) is 44.8 Å². The van der Waals surface area contributed by atoms with Crippen LogP contribution in [0, 0.1) is 13.8 Å². The highest BCUT2D eigenvalue weighted by molar-refractivity contribution is 14.1. The minimum Gasteiger partial charge on any atom is -0.335 e. The van der Waals surface area contributed by atoms with Gasteiger partial charge >= 0.3 is 0 Å². The van der Waals surface area contributed by atoms with Gasteiger partial charge in [-0.05, 0) is 71.4 Å². The Morgan fingerprint density at radius 1 is 0.811 bits per heavy atom.